The molecule has 0 radical (unpaired) electrons. The van der Waals surface area contributed by atoms with E-state index in [2.05, 4.69) is 20.7 Å². The second-order valence-electron chi connectivity index (χ2n) is 4.44. The monoisotopic (exact) mass is 380 g/mol. The van der Waals surface area contributed by atoms with Crippen LogP contribution < -0.4 is 4.74 Å². The molecule has 0 saturated heterocycles. The van der Waals surface area contributed by atoms with E-state index in [1.807, 2.05) is 36.4 Å². The molecule has 0 aliphatic rings. The molecular weight excluding hydrogens is 368 g/mol. The van der Waals surface area contributed by atoms with Gasteiger partial charge in [0, 0.05) is 6.08 Å². The molecule has 0 spiro atoms. The predicted molar refractivity (Wildman–Crippen MR) is 91.0 cm³/mol. The number of carbonyl (C=O) groups is 1. The molecule has 0 amide bonds. The summed E-state index contributed by atoms with van der Waals surface area (Å²) in [5.74, 6) is 0.150. The van der Waals surface area contributed by atoms with Gasteiger partial charge < -0.3 is 9.47 Å². The molecule has 0 N–H and O–H groups in total. The van der Waals surface area contributed by atoms with Crippen molar-refractivity contribution in [2.75, 3.05) is 7.11 Å². The van der Waals surface area contributed by atoms with Gasteiger partial charge in [-0.3, -0.25) is 0 Å². The maximum Gasteiger partial charge on any atom is 0.330 e. The molecule has 0 fully saturated rings. The van der Waals surface area contributed by atoms with E-state index in [1.165, 1.54) is 13.2 Å². The maximum atomic E-state index is 11.1. The Balaban J connectivity index is 2.13. The van der Waals surface area contributed by atoms with Crippen LogP contribution in [0.25, 0.3) is 6.08 Å². The Morgan fingerprint density at radius 1 is 1.27 bits per heavy atom. The highest BCUT2D eigenvalue weighted by molar-refractivity contribution is 9.10. The smallest absolute Gasteiger partial charge is 0.330 e. The van der Waals surface area contributed by atoms with Crippen molar-refractivity contribution in [3.8, 4) is 5.75 Å². The normalized spacial score (nSPS) is 10.7. The van der Waals surface area contributed by atoms with E-state index in [0.717, 1.165) is 15.6 Å². The van der Waals surface area contributed by atoms with Crippen LogP contribution >= 0.6 is 27.5 Å². The van der Waals surface area contributed by atoms with Crippen molar-refractivity contribution in [3.05, 3.63) is 69.2 Å². The number of esters is 1. The molecule has 0 saturated carbocycles. The number of benzene rings is 2. The summed E-state index contributed by atoms with van der Waals surface area (Å²) in [4.78, 5) is 11.1. The number of ether oxygens (including phenoxy) is 2. The van der Waals surface area contributed by atoms with Crippen LogP contribution in [-0.2, 0) is 16.1 Å². The molecule has 22 heavy (non-hydrogen) atoms. The first-order chi connectivity index (χ1) is 10.6. The van der Waals surface area contributed by atoms with Crippen molar-refractivity contribution in [3.63, 3.8) is 0 Å². The zero-order valence-electron chi connectivity index (χ0n) is 11.9. The third-order valence-electron chi connectivity index (χ3n) is 2.86. The highest BCUT2D eigenvalue weighted by Crippen LogP contribution is 2.35. The summed E-state index contributed by atoms with van der Waals surface area (Å²) in [6, 6.07) is 13.4. The summed E-state index contributed by atoms with van der Waals surface area (Å²) in [6.07, 6.45) is 2.96. The first-order valence-corrected chi connectivity index (χ1v) is 7.69. The highest BCUT2D eigenvalue weighted by atomic mass is 79.9. The van der Waals surface area contributed by atoms with Crippen molar-refractivity contribution in [1.82, 2.24) is 0 Å². The third kappa shape index (κ3) is 4.61. The predicted octanol–water partition coefficient (Wildman–Crippen LogP) is 4.87. The van der Waals surface area contributed by atoms with E-state index >= 15 is 0 Å². The van der Waals surface area contributed by atoms with Crippen molar-refractivity contribution < 1.29 is 14.3 Å². The number of methoxy groups -OCH3 is 1. The quantitative estimate of drug-likeness (QED) is 0.547. The Bertz CT molecular complexity index is 661. The molecule has 0 unspecified atom stereocenters. The minimum Gasteiger partial charge on any atom is -0.486 e. The molecule has 0 heterocycles. The van der Waals surface area contributed by atoms with Crippen molar-refractivity contribution in [2.45, 2.75) is 6.61 Å². The average molecular weight is 382 g/mol. The summed E-state index contributed by atoms with van der Waals surface area (Å²) < 4.78 is 11.0. The molecule has 5 heteroatoms. The van der Waals surface area contributed by atoms with Crippen LogP contribution in [-0.4, -0.2) is 13.1 Å². The number of hydrogen-bond acceptors (Lipinski definition) is 3. The lowest BCUT2D eigenvalue weighted by Crippen LogP contribution is -1.97. The Morgan fingerprint density at radius 3 is 2.64 bits per heavy atom. The fraction of sp³-hybridized carbons (Fsp3) is 0.118. The van der Waals surface area contributed by atoms with Gasteiger partial charge in [0.15, 0.2) is 5.75 Å². The Kier molecular flexibility index (Phi) is 6.04. The van der Waals surface area contributed by atoms with Crippen LogP contribution in [0, 0.1) is 0 Å². The van der Waals surface area contributed by atoms with Gasteiger partial charge in [-0.2, -0.15) is 0 Å². The molecule has 0 aromatic heterocycles. The zero-order valence-corrected chi connectivity index (χ0v) is 14.2. The molecule has 0 bridgehead atoms. The Labute approximate surface area is 142 Å². The van der Waals surface area contributed by atoms with E-state index in [4.69, 9.17) is 16.3 Å². The van der Waals surface area contributed by atoms with E-state index in [1.54, 1.807) is 12.1 Å². The van der Waals surface area contributed by atoms with Gasteiger partial charge in [0.2, 0.25) is 0 Å². The van der Waals surface area contributed by atoms with Gasteiger partial charge in [0.25, 0.3) is 0 Å². The van der Waals surface area contributed by atoms with E-state index in [-0.39, 0.29) is 0 Å². The van der Waals surface area contributed by atoms with Gasteiger partial charge >= 0.3 is 5.97 Å². The van der Waals surface area contributed by atoms with Crippen LogP contribution in [0.5, 0.6) is 5.75 Å². The van der Waals surface area contributed by atoms with Gasteiger partial charge in [-0.05, 0) is 45.3 Å². The second kappa shape index (κ2) is 8.01. The number of hydrogen-bond donors (Lipinski definition) is 0. The van der Waals surface area contributed by atoms with Gasteiger partial charge in [0.05, 0.1) is 16.6 Å². The standard InChI is InChI=1S/C17H14BrClO3/c1-21-16(20)8-7-13-9-14(18)17(15(19)10-13)22-11-12-5-3-2-4-6-12/h2-10H,11H2,1H3/b8-7+. The lowest BCUT2D eigenvalue weighted by atomic mass is 10.2. The highest BCUT2D eigenvalue weighted by Gasteiger charge is 2.09. The molecule has 2 aromatic rings. The Hall–Kier alpha value is -1.78. The average Bonchev–Trinajstić information content (AvgIpc) is 2.52. The lowest BCUT2D eigenvalue weighted by molar-refractivity contribution is -0.134. The SMILES string of the molecule is COC(=O)/C=C/c1cc(Cl)c(OCc2ccccc2)c(Br)c1. The summed E-state index contributed by atoms with van der Waals surface area (Å²) in [5, 5.41) is 0.467. The van der Waals surface area contributed by atoms with Gasteiger partial charge in [-0.15, -0.1) is 0 Å². The summed E-state index contributed by atoms with van der Waals surface area (Å²) in [6.45, 7) is 0.427. The van der Waals surface area contributed by atoms with Crippen molar-refractivity contribution >= 4 is 39.6 Å². The minimum absolute atomic E-state index is 0.420. The van der Waals surface area contributed by atoms with E-state index in [9.17, 15) is 4.79 Å². The molecular formula is C17H14BrClO3. The van der Waals surface area contributed by atoms with E-state index < -0.39 is 5.97 Å². The number of carbonyl (C=O) groups excluding carboxylic acids is 1. The van der Waals surface area contributed by atoms with Crippen molar-refractivity contribution in [1.29, 1.82) is 0 Å². The Morgan fingerprint density at radius 2 is 2.00 bits per heavy atom. The zero-order chi connectivity index (χ0) is 15.9. The second-order valence-corrected chi connectivity index (χ2v) is 5.71. The first-order valence-electron chi connectivity index (χ1n) is 6.52. The van der Waals surface area contributed by atoms with Gasteiger partial charge in [0.1, 0.15) is 6.61 Å². The van der Waals surface area contributed by atoms with Crippen LogP contribution in [0.15, 0.2) is 53.0 Å². The van der Waals surface area contributed by atoms with Crippen LogP contribution in [0.1, 0.15) is 11.1 Å². The molecule has 2 aromatic carbocycles. The molecule has 0 aliphatic heterocycles. The fourth-order valence-electron chi connectivity index (χ4n) is 1.78. The first kappa shape index (κ1) is 16.6. The summed E-state index contributed by atoms with van der Waals surface area (Å²) in [7, 11) is 1.33. The minimum atomic E-state index is -0.420. The van der Waals surface area contributed by atoms with Crippen LogP contribution in [0.3, 0.4) is 0 Å². The lowest BCUT2D eigenvalue weighted by Gasteiger charge is -2.11. The van der Waals surface area contributed by atoms with Crippen molar-refractivity contribution in [2.24, 2.45) is 0 Å². The number of halogens is 2. The molecule has 0 atom stereocenters. The maximum absolute atomic E-state index is 11.1. The van der Waals surface area contributed by atoms with Gasteiger partial charge in [-0.25, -0.2) is 4.79 Å². The molecule has 114 valence electrons. The van der Waals surface area contributed by atoms with Crippen LogP contribution in [0.4, 0.5) is 0 Å². The largest absolute Gasteiger partial charge is 0.486 e. The summed E-state index contributed by atoms with van der Waals surface area (Å²) in [5.41, 5.74) is 1.83. The summed E-state index contributed by atoms with van der Waals surface area (Å²) >= 11 is 9.68. The molecule has 3 nitrogen and oxygen atoms in total. The van der Waals surface area contributed by atoms with Gasteiger partial charge in [-0.1, -0.05) is 41.9 Å². The van der Waals surface area contributed by atoms with Crippen LogP contribution in [0.2, 0.25) is 5.02 Å². The third-order valence-corrected chi connectivity index (χ3v) is 3.73. The molecule has 2 rings (SSSR count). The fourth-order valence-corrected chi connectivity index (χ4v) is 2.76. The number of rotatable bonds is 5. The molecule has 0 aliphatic carbocycles. The van der Waals surface area contributed by atoms with E-state index in [0.29, 0.717) is 17.4 Å². The topological polar surface area (TPSA) is 35.5 Å².